The monoisotopic (exact) mass is 237 g/mol. The fourth-order valence-electron chi connectivity index (χ4n) is 1.93. The van der Waals surface area contributed by atoms with Crippen LogP contribution in [0.1, 0.15) is 29.6 Å². The predicted molar refractivity (Wildman–Crippen MR) is 63.7 cm³/mol. The number of carbonyl (C=O) groups excluding carboxylic acids is 1. The first-order chi connectivity index (χ1) is 8.16. The summed E-state index contributed by atoms with van der Waals surface area (Å²) >= 11 is 0. The van der Waals surface area contributed by atoms with E-state index in [1.54, 1.807) is 0 Å². The topological polar surface area (TPSA) is 58.4 Å². The molecule has 1 aliphatic rings. The van der Waals surface area contributed by atoms with Gasteiger partial charge >= 0.3 is 0 Å². The van der Waals surface area contributed by atoms with E-state index in [1.807, 2.05) is 5.01 Å². The van der Waals surface area contributed by atoms with Gasteiger partial charge in [-0.15, -0.1) is 0 Å². The number of hydrogen-bond donors (Lipinski definition) is 2. The van der Waals surface area contributed by atoms with Crippen molar-refractivity contribution in [1.29, 1.82) is 0 Å². The largest absolute Gasteiger partial charge is 0.399 e. The molecule has 3 N–H and O–H groups in total. The number of nitrogen functional groups attached to an aromatic ring is 1. The lowest BCUT2D eigenvalue weighted by molar-refractivity contribution is 0.0746. The highest BCUT2D eigenvalue weighted by Gasteiger charge is 2.16. The molecule has 0 saturated carbocycles. The highest BCUT2D eigenvalue weighted by Crippen LogP contribution is 2.13. The second-order valence-electron chi connectivity index (χ2n) is 4.23. The molecule has 17 heavy (non-hydrogen) atoms. The summed E-state index contributed by atoms with van der Waals surface area (Å²) in [6.45, 7) is 1.63. The smallest absolute Gasteiger partial charge is 0.268 e. The van der Waals surface area contributed by atoms with Gasteiger partial charge in [-0.25, -0.2) is 9.40 Å². The molecule has 0 aromatic heterocycles. The Morgan fingerprint density at radius 2 is 2.00 bits per heavy atom. The molecule has 0 spiro atoms. The maximum absolute atomic E-state index is 13.4. The van der Waals surface area contributed by atoms with Crippen molar-refractivity contribution in [1.82, 2.24) is 10.4 Å². The van der Waals surface area contributed by atoms with Gasteiger partial charge in [0.05, 0.1) is 5.56 Å². The number of amides is 1. The minimum Gasteiger partial charge on any atom is -0.399 e. The van der Waals surface area contributed by atoms with Crippen LogP contribution in [0.5, 0.6) is 0 Å². The molecule has 2 rings (SSSR count). The van der Waals surface area contributed by atoms with Crippen LogP contribution in [0.2, 0.25) is 0 Å². The lowest BCUT2D eigenvalue weighted by Gasteiger charge is -2.26. The van der Waals surface area contributed by atoms with Crippen molar-refractivity contribution in [2.75, 3.05) is 18.8 Å². The van der Waals surface area contributed by atoms with Crippen LogP contribution in [0.25, 0.3) is 0 Å². The normalized spacial score (nSPS) is 16.8. The van der Waals surface area contributed by atoms with Crippen LogP contribution in [0, 0.1) is 5.82 Å². The summed E-state index contributed by atoms with van der Waals surface area (Å²) in [5, 5.41) is 1.83. The van der Waals surface area contributed by atoms with E-state index in [-0.39, 0.29) is 5.56 Å². The van der Waals surface area contributed by atoms with Gasteiger partial charge in [-0.1, -0.05) is 6.42 Å². The molecule has 0 aliphatic carbocycles. The molecule has 1 aliphatic heterocycles. The average Bonchev–Trinajstić information content (AvgIpc) is 2.33. The number of rotatable bonds is 2. The molecule has 0 radical (unpaired) electrons. The van der Waals surface area contributed by atoms with E-state index >= 15 is 0 Å². The molecule has 1 fully saturated rings. The molecule has 0 atom stereocenters. The first kappa shape index (κ1) is 11.9. The minimum atomic E-state index is -0.547. The summed E-state index contributed by atoms with van der Waals surface area (Å²) in [5.41, 5.74) is 8.62. The molecule has 0 unspecified atom stereocenters. The van der Waals surface area contributed by atoms with Gasteiger partial charge < -0.3 is 5.73 Å². The lowest BCUT2D eigenvalue weighted by atomic mass is 10.1. The third-order valence-electron chi connectivity index (χ3n) is 2.85. The van der Waals surface area contributed by atoms with Crippen LogP contribution in [0.4, 0.5) is 10.1 Å². The van der Waals surface area contributed by atoms with Crippen molar-refractivity contribution in [2.45, 2.75) is 19.3 Å². The molecule has 5 heteroatoms. The minimum absolute atomic E-state index is 0.00410. The molecular weight excluding hydrogens is 221 g/mol. The van der Waals surface area contributed by atoms with Gasteiger partial charge in [-0.2, -0.15) is 0 Å². The molecule has 0 bridgehead atoms. The van der Waals surface area contributed by atoms with Gasteiger partial charge in [-0.05, 0) is 31.0 Å². The maximum Gasteiger partial charge on any atom is 0.268 e. The Balaban J connectivity index is 2.05. The third-order valence-corrected chi connectivity index (χ3v) is 2.85. The standard InChI is InChI=1S/C12H16FN3O/c13-11-5-4-9(14)8-10(11)12(17)15-16-6-2-1-3-7-16/h4-5,8H,1-3,6-7,14H2,(H,15,17). The van der Waals surface area contributed by atoms with Crippen LogP contribution < -0.4 is 11.2 Å². The van der Waals surface area contributed by atoms with Crippen molar-refractivity contribution < 1.29 is 9.18 Å². The number of halogens is 1. The number of anilines is 1. The van der Waals surface area contributed by atoms with Crippen LogP contribution in [-0.2, 0) is 0 Å². The lowest BCUT2D eigenvalue weighted by Crippen LogP contribution is -2.45. The Morgan fingerprint density at radius 1 is 1.29 bits per heavy atom. The summed E-state index contributed by atoms with van der Waals surface area (Å²) in [6.07, 6.45) is 3.29. The zero-order valence-electron chi connectivity index (χ0n) is 9.58. The molecule has 4 nitrogen and oxygen atoms in total. The molecule has 1 aromatic carbocycles. The number of carbonyl (C=O) groups is 1. The summed E-state index contributed by atoms with van der Waals surface area (Å²) in [7, 11) is 0. The molecule has 92 valence electrons. The highest BCUT2D eigenvalue weighted by atomic mass is 19.1. The van der Waals surface area contributed by atoms with E-state index in [9.17, 15) is 9.18 Å². The van der Waals surface area contributed by atoms with Gasteiger partial charge in [0.1, 0.15) is 5.82 Å². The summed E-state index contributed by atoms with van der Waals surface area (Å²) in [4.78, 5) is 11.8. The zero-order valence-corrected chi connectivity index (χ0v) is 9.58. The number of hydrogen-bond acceptors (Lipinski definition) is 3. The first-order valence-corrected chi connectivity index (χ1v) is 5.78. The van der Waals surface area contributed by atoms with Gasteiger partial charge in [0.2, 0.25) is 0 Å². The molecule has 1 heterocycles. The van der Waals surface area contributed by atoms with Gasteiger partial charge in [-0.3, -0.25) is 10.2 Å². The molecular formula is C12H16FN3O. The Labute approximate surface area is 99.6 Å². The summed E-state index contributed by atoms with van der Waals surface area (Å²) in [6, 6.07) is 4.00. The quantitative estimate of drug-likeness (QED) is 0.767. The average molecular weight is 237 g/mol. The Bertz CT molecular complexity index is 416. The number of hydrazine groups is 1. The van der Waals surface area contributed by atoms with Crippen LogP contribution >= 0.6 is 0 Å². The summed E-state index contributed by atoms with van der Waals surface area (Å²) < 4.78 is 13.4. The van der Waals surface area contributed by atoms with Crippen molar-refractivity contribution in [3.63, 3.8) is 0 Å². The van der Waals surface area contributed by atoms with Crippen LogP contribution in [-0.4, -0.2) is 24.0 Å². The van der Waals surface area contributed by atoms with Crippen LogP contribution in [0.3, 0.4) is 0 Å². The van der Waals surface area contributed by atoms with Crippen molar-refractivity contribution >= 4 is 11.6 Å². The first-order valence-electron chi connectivity index (χ1n) is 5.78. The number of nitrogens with one attached hydrogen (secondary N) is 1. The Hall–Kier alpha value is -1.62. The molecule has 1 aromatic rings. The van der Waals surface area contributed by atoms with Gasteiger partial charge in [0, 0.05) is 18.8 Å². The molecule has 1 amide bonds. The van der Waals surface area contributed by atoms with Gasteiger partial charge in [0.25, 0.3) is 5.91 Å². The van der Waals surface area contributed by atoms with Crippen molar-refractivity contribution in [3.8, 4) is 0 Å². The van der Waals surface area contributed by atoms with E-state index in [4.69, 9.17) is 5.73 Å². The fourth-order valence-corrected chi connectivity index (χ4v) is 1.93. The Morgan fingerprint density at radius 3 is 2.71 bits per heavy atom. The van der Waals surface area contributed by atoms with Crippen molar-refractivity contribution in [3.05, 3.63) is 29.6 Å². The van der Waals surface area contributed by atoms with Crippen molar-refractivity contribution in [2.24, 2.45) is 0 Å². The summed E-state index contributed by atoms with van der Waals surface area (Å²) in [5.74, 6) is -0.981. The third kappa shape index (κ3) is 2.94. The maximum atomic E-state index is 13.4. The van der Waals surface area contributed by atoms with E-state index in [1.165, 1.54) is 24.6 Å². The van der Waals surface area contributed by atoms with E-state index in [2.05, 4.69) is 5.43 Å². The number of benzene rings is 1. The van der Waals surface area contributed by atoms with E-state index in [0.717, 1.165) is 25.9 Å². The van der Waals surface area contributed by atoms with E-state index in [0.29, 0.717) is 5.69 Å². The fraction of sp³-hybridized carbons (Fsp3) is 0.417. The number of nitrogens with two attached hydrogens (primary N) is 1. The number of piperidine rings is 1. The van der Waals surface area contributed by atoms with Gasteiger partial charge in [0.15, 0.2) is 0 Å². The predicted octanol–water partition coefficient (Wildman–Crippen LogP) is 1.54. The van der Waals surface area contributed by atoms with E-state index < -0.39 is 11.7 Å². The second kappa shape index (κ2) is 5.14. The number of nitrogens with zero attached hydrogens (tertiary/aromatic N) is 1. The Kier molecular flexibility index (Phi) is 3.58. The van der Waals surface area contributed by atoms with Crippen LogP contribution in [0.15, 0.2) is 18.2 Å². The zero-order chi connectivity index (χ0) is 12.3. The molecule has 1 saturated heterocycles. The SMILES string of the molecule is Nc1ccc(F)c(C(=O)NN2CCCCC2)c1. The second-order valence-corrected chi connectivity index (χ2v) is 4.23. The highest BCUT2D eigenvalue weighted by molar-refractivity contribution is 5.94.